The van der Waals surface area contributed by atoms with Crippen molar-refractivity contribution in [1.82, 2.24) is 19.7 Å². The number of hydrogen-bond donors (Lipinski definition) is 0. The summed E-state index contributed by atoms with van der Waals surface area (Å²) in [5.74, 6) is 1.62. The number of hydrogen-bond acceptors (Lipinski definition) is 5. The zero-order chi connectivity index (χ0) is 19.0. The van der Waals surface area contributed by atoms with Gasteiger partial charge in [0.05, 0.1) is 11.8 Å². The molecule has 0 spiro atoms. The Morgan fingerprint density at radius 2 is 1.96 bits per heavy atom. The van der Waals surface area contributed by atoms with Gasteiger partial charge in [0.25, 0.3) is 5.91 Å². The van der Waals surface area contributed by atoms with Gasteiger partial charge >= 0.3 is 0 Å². The molecule has 0 N–H and O–H groups in total. The van der Waals surface area contributed by atoms with Crippen LogP contribution in [0, 0.1) is 0 Å². The molecule has 1 aromatic carbocycles. The first-order valence-electron chi connectivity index (χ1n) is 8.92. The topological polar surface area (TPSA) is 63.4 Å². The number of carbonyl (C=O) groups excluding carboxylic acids is 1. The van der Waals surface area contributed by atoms with E-state index in [1.54, 1.807) is 18.4 Å². The fraction of sp³-hybridized carbons (Fsp3) is 0.300. The zero-order valence-electron chi connectivity index (χ0n) is 15.6. The van der Waals surface area contributed by atoms with Gasteiger partial charge in [-0.05, 0) is 43.0 Å². The van der Waals surface area contributed by atoms with Crippen LogP contribution in [0.5, 0.6) is 0 Å². The van der Waals surface area contributed by atoms with Gasteiger partial charge < -0.3 is 9.47 Å². The predicted octanol–water partition coefficient (Wildman–Crippen LogP) is 3.66. The van der Waals surface area contributed by atoms with Crippen LogP contribution in [-0.4, -0.2) is 44.9 Å². The second kappa shape index (κ2) is 7.08. The molecular weight excluding hydrogens is 358 g/mol. The van der Waals surface area contributed by atoms with Crippen molar-refractivity contribution < 1.29 is 4.79 Å². The van der Waals surface area contributed by atoms with E-state index in [4.69, 9.17) is 0 Å². The van der Waals surface area contributed by atoms with Gasteiger partial charge in [0.15, 0.2) is 11.6 Å². The zero-order valence-corrected chi connectivity index (χ0v) is 16.4. The van der Waals surface area contributed by atoms with Gasteiger partial charge in [-0.3, -0.25) is 9.79 Å². The summed E-state index contributed by atoms with van der Waals surface area (Å²) in [4.78, 5) is 20.3. The maximum Gasteiger partial charge on any atom is 0.254 e. The number of aromatic nitrogens is 3. The molecule has 0 radical (unpaired) electrons. The van der Waals surface area contributed by atoms with Gasteiger partial charge in [-0.1, -0.05) is 18.2 Å². The van der Waals surface area contributed by atoms with E-state index in [0.29, 0.717) is 18.7 Å². The molecule has 1 aliphatic heterocycles. The minimum Gasteiger partial charge on any atom is -0.327 e. The predicted molar refractivity (Wildman–Crippen MR) is 107 cm³/mol. The molecule has 1 amide bonds. The van der Waals surface area contributed by atoms with E-state index >= 15 is 0 Å². The lowest BCUT2D eigenvalue weighted by Gasteiger charge is -2.33. The fourth-order valence-corrected chi connectivity index (χ4v) is 4.15. The Balaban J connectivity index is 1.57. The summed E-state index contributed by atoms with van der Waals surface area (Å²) in [5, 5.41) is 10.6. The van der Waals surface area contributed by atoms with Crippen LogP contribution in [0.3, 0.4) is 0 Å². The number of fused-ring (bicyclic) bond motifs is 1. The van der Waals surface area contributed by atoms with Crippen LogP contribution in [0.15, 0.2) is 46.8 Å². The number of thiophene rings is 1. The smallest absolute Gasteiger partial charge is 0.254 e. The molecule has 0 bridgehead atoms. The highest BCUT2D eigenvalue weighted by Gasteiger charge is 2.32. The van der Waals surface area contributed by atoms with Gasteiger partial charge in [-0.2, -0.15) is 0 Å². The molecule has 1 aliphatic rings. The first kappa shape index (κ1) is 17.6. The number of carbonyl (C=O) groups is 1. The third kappa shape index (κ3) is 3.08. The first-order valence-corrected chi connectivity index (χ1v) is 9.80. The van der Waals surface area contributed by atoms with Crippen LogP contribution < -0.4 is 0 Å². The molecule has 0 fully saturated rings. The summed E-state index contributed by atoms with van der Waals surface area (Å²) in [7, 11) is 1.75. The molecular formula is C20H21N5OS. The SMILES string of the molecule is CN=C(C)c1nnc2n1CCN(C(=O)c1ccc(-c3cccs3)cc1)[C@@H]2C. The van der Waals surface area contributed by atoms with Crippen molar-refractivity contribution in [3.8, 4) is 10.4 Å². The van der Waals surface area contributed by atoms with Gasteiger partial charge in [0, 0.05) is 30.6 Å². The van der Waals surface area contributed by atoms with E-state index in [0.717, 1.165) is 22.9 Å². The molecule has 6 nitrogen and oxygen atoms in total. The first-order chi connectivity index (χ1) is 13.1. The highest BCUT2D eigenvalue weighted by atomic mass is 32.1. The molecule has 0 saturated heterocycles. The molecule has 27 heavy (non-hydrogen) atoms. The second-order valence-corrected chi connectivity index (χ2v) is 7.52. The van der Waals surface area contributed by atoms with Gasteiger partial charge in [-0.25, -0.2) is 0 Å². The molecule has 7 heteroatoms. The molecule has 4 rings (SSSR count). The van der Waals surface area contributed by atoms with Crippen molar-refractivity contribution in [3.63, 3.8) is 0 Å². The van der Waals surface area contributed by atoms with E-state index in [-0.39, 0.29) is 11.9 Å². The molecule has 0 aliphatic carbocycles. The lowest BCUT2D eigenvalue weighted by Crippen LogP contribution is -2.41. The van der Waals surface area contributed by atoms with Crippen LogP contribution in [0.2, 0.25) is 0 Å². The Hall–Kier alpha value is -2.80. The Morgan fingerprint density at radius 1 is 1.19 bits per heavy atom. The van der Waals surface area contributed by atoms with Crippen molar-refractivity contribution in [2.24, 2.45) is 4.99 Å². The number of benzene rings is 1. The third-order valence-corrected chi connectivity index (χ3v) is 5.96. The van der Waals surface area contributed by atoms with E-state index in [1.165, 1.54) is 4.88 Å². The fourth-order valence-electron chi connectivity index (χ4n) is 3.42. The standard InChI is InChI=1S/C20H21N5OS/c1-13(21-3)18-22-23-19-14(2)24(10-11-25(18)19)20(26)16-8-6-15(7-9-16)17-5-4-12-27-17/h4-9,12,14H,10-11H2,1-3H3/t14-/m1/s1. The van der Waals surface area contributed by atoms with E-state index in [1.807, 2.05) is 49.1 Å². The largest absolute Gasteiger partial charge is 0.327 e. The van der Waals surface area contributed by atoms with Crippen molar-refractivity contribution in [1.29, 1.82) is 0 Å². The molecule has 3 heterocycles. The Kier molecular flexibility index (Phi) is 4.61. The second-order valence-electron chi connectivity index (χ2n) is 6.57. The lowest BCUT2D eigenvalue weighted by molar-refractivity contribution is 0.0637. The number of nitrogens with zero attached hydrogens (tertiary/aromatic N) is 5. The van der Waals surface area contributed by atoms with Gasteiger partial charge in [0.2, 0.25) is 0 Å². The van der Waals surface area contributed by atoms with Crippen LogP contribution in [0.4, 0.5) is 0 Å². The summed E-state index contributed by atoms with van der Waals surface area (Å²) >= 11 is 1.69. The van der Waals surface area contributed by atoms with Crippen LogP contribution in [-0.2, 0) is 6.54 Å². The maximum absolute atomic E-state index is 13.1. The molecule has 0 saturated carbocycles. The Bertz CT molecular complexity index is 988. The van der Waals surface area contributed by atoms with Crippen LogP contribution in [0.25, 0.3) is 10.4 Å². The molecule has 2 aromatic heterocycles. The summed E-state index contributed by atoms with van der Waals surface area (Å²) < 4.78 is 2.07. The van der Waals surface area contributed by atoms with Crippen molar-refractivity contribution in [2.45, 2.75) is 26.4 Å². The Labute approximate surface area is 162 Å². The highest BCUT2D eigenvalue weighted by molar-refractivity contribution is 7.13. The van der Waals surface area contributed by atoms with Crippen molar-refractivity contribution >= 4 is 23.0 Å². The lowest BCUT2D eigenvalue weighted by atomic mass is 10.1. The van der Waals surface area contributed by atoms with E-state index in [2.05, 4.69) is 31.2 Å². The average molecular weight is 379 g/mol. The Morgan fingerprint density at radius 3 is 2.63 bits per heavy atom. The van der Waals surface area contributed by atoms with E-state index in [9.17, 15) is 4.79 Å². The average Bonchev–Trinajstić information content (AvgIpc) is 3.38. The van der Waals surface area contributed by atoms with Crippen molar-refractivity contribution in [2.75, 3.05) is 13.6 Å². The minimum atomic E-state index is -0.130. The minimum absolute atomic E-state index is 0.0249. The maximum atomic E-state index is 13.1. The van der Waals surface area contributed by atoms with Gasteiger partial charge in [-0.15, -0.1) is 21.5 Å². The van der Waals surface area contributed by atoms with Crippen molar-refractivity contribution in [3.05, 3.63) is 59.0 Å². The normalized spacial score (nSPS) is 17.1. The van der Waals surface area contributed by atoms with Crippen LogP contribution in [0.1, 0.15) is 41.9 Å². The number of aliphatic imine (C=N–C) groups is 1. The van der Waals surface area contributed by atoms with Gasteiger partial charge in [0.1, 0.15) is 0 Å². The summed E-state index contributed by atoms with van der Waals surface area (Å²) in [6.45, 7) is 5.23. The monoisotopic (exact) mass is 379 g/mol. The van der Waals surface area contributed by atoms with E-state index < -0.39 is 0 Å². The summed E-state index contributed by atoms with van der Waals surface area (Å²) in [5.41, 5.74) is 2.68. The molecule has 3 aromatic rings. The summed E-state index contributed by atoms with van der Waals surface area (Å²) in [6, 6.07) is 11.8. The molecule has 0 unspecified atom stereocenters. The van der Waals surface area contributed by atoms with Crippen LogP contribution >= 0.6 is 11.3 Å². The third-order valence-electron chi connectivity index (χ3n) is 5.04. The molecule has 1 atom stereocenters. The number of amides is 1. The number of rotatable bonds is 3. The quantitative estimate of drug-likeness (QED) is 0.653. The molecule has 138 valence electrons. The summed E-state index contributed by atoms with van der Waals surface area (Å²) in [6.07, 6.45) is 0. The highest BCUT2D eigenvalue weighted by Crippen LogP contribution is 2.28.